The van der Waals surface area contributed by atoms with Gasteiger partial charge in [0.05, 0.1) is 5.60 Å². The predicted molar refractivity (Wildman–Crippen MR) is 67.1 cm³/mol. The zero-order valence-electron chi connectivity index (χ0n) is 11.2. The highest BCUT2D eigenvalue weighted by Crippen LogP contribution is 2.21. The Morgan fingerprint density at radius 1 is 1.41 bits per heavy atom. The second-order valence-electron chi connectivity index (χ2n) is 5.56. The maximum atomic E-state index is 11.2. The Bertz CT molecular complexity index is 247. The van der Waals surface area contributed by atoms with Crippen molar-refractivity contribution in [3.05, 3.63) is 0 Å². The Hall–Kier alpha value is -0.610. The van der Waals surface area contributed by atoms with Crippen molar-refractivity contribution < 1.29 is 14.6 Å². The van der Waals surface area contributed by atoms with Gasteiger partial charge in [-0.1, -0.05) is 19.3 Å². The van der Waals surface area contributed by atoms with Crippen molar-refractivity contribution in [2.24, 2.45) is 0 Å². The first-order valence-electron chi connectivity index (χ1n) is 6.48. The molecule has 0 aliphatic heterocycles. The molecule has 1 atom stereocenters. The van der Waals surface area contributed by atoms with Gasteiger partial charge in [-0.15, -0.1) is 0 Å². The van der Waals surface area contributed by atoms with E-state index < -0.39 is 17.6 Å². The highest BCUT2D eigenvalue weighted by atomic mass is 16.5. The molecule has 0 bridgehead atoms. The quantitative estimate of drug-likeness (QED) is 0.750. The number of ether oxygens (including phenoxy) is 1. The first kappa shape index (κ1) is 14.5. The lowest BCUT2D eigenvalue weighted by atomic mass is 9.92. The molecule has 0 amide bonds. The summed E-state index contributed by atoms with van der Waals surface area (Å²) in [6.45, 7) is 3.84. The van der Waals surface area contributed by atoms with Gasteiger partial charge in [-0.05, 0) is 26.7 Å². The second-order valence-corrected chi connectivity index (χ2v) is 5.56. The van der Waals surface area contributed by atoms with Gasteiger partial charge in [0.2, 0.25) is 0 Å². The summed E-state index contributed by atoms with van der Waals surface area (Å²) in [7, 11) is 1.62. The van der Waals surface area contributed by atoms with Crippen molar-refractivity contribution in [1.82, 2.24) is 5.32 Å². The Morgan fingerprint density at radius 2 is 2.00 bits per heavy atom. The molecule has 0 radical (unpaired) electrons. The van der Waals surface area contributed by atoms with Gasteiger partial charge >= 0.3 is 5.97 Å². The van der Waals surface area contributed by atoms with Crippen LogP contribution < -0.4 is 5.32 Å². The molecule has 1 fully saturated rings. The molecule has 1 aliphatic carbocycles. The fourth-order valence-electron chi connectivity index (χ4n) is 2.35. The number of carbonyl (C=O) groups is 1. The number of carboxylic acid groups (broad SMARTS) is 1. The number of hydrogen-bond donors (Lipinski definition) is 2. The van der Waals surface area contributed by atoms with Crippen LogP contribution in [0.4, 0.5) is 0 Å². The summed E-state index contributed by atoms with van der Waals surface area (Å²) in [5.41, 5.74) is -0.398. The van der Waals surface area contributed by atoms with Crippen LogP contribution in [-0.2, 0) is 9.53 Å². The van der Waals surface area contributed by atoms with Crippen LogP contribution in [-0.4, -0.2) is 35.9 Å². The van der Waals surface area contributed by atoms with E-state index in [4.69, 9.17) is 4.74 Å². The first-order chi connectivity index (χ1) is 7.94. The molecule has 1 rings (SSSR count). The molecule has 1 saturated carbocycles. The van der Waals surface area contributed by atoms with Gasteiger partial charge in [0.25, 0.3) is 0 Å². The van der Waals surface area contributed by atoms with Crippen LogP contribution in [0.5, 0.6) is 0 Å². The summed E-state index contributed by atoms with van der Waals surface area (Å²) < 4.78 is 5.30. The van der Waals surface area contributed by atoms with Crippen molar-refractivity contribution in [2.45, 2.75) is 70.1 Å². The van der Waals surface area contributed by atoms with Crippen LogP contribution >= 0.6 is 0 Å². The van der Waals surface area contributed by atoms with E-state index in [0.29, 0.717) is 12.5 Å². The van der Waals surface area contributed by atoms with E-state index in [-0.39, 0.29) is 0 Å². The number of methoxy groups -OCH3 is 1. The molecule has 0 aromatic heterocycles. The van der Waals surface area contributed by atoms with E-state index in [0.717, 1.165) is 12.8 Å². The fraction of sp³-hybridized carbons (Fsp3) is 0.923. The summed E-state index contributed by atoms with van der Waals surface area (Å²) in [5.74, 6) is -0.777. The summed E-state index contributed by atoms with van der Waals surface area (Å²) in [6, 6.07) is -0.148. The lowest BCUT2D eigenvalue weighted by Gasteiger charge is -2.31. The van der Waals surface area contributed by atoms with Gasteiger partial charge < -0.3 is 15.2 Å². The topological polar surface area (TPSA) is 58.6 Å². The van der Waals surface area contributed by atoms with Crippen LogP contribution in [0.3, 0.4) is 0 Å². The molecule has 4 heteroatoms. The average Bonchev–Trinajstić information content (AvgIpc) is 2.29. The van der Waals surface area contributed by atoms with Crippen LogP contribution in [0, 0.1) is 0 Å². The van der Waals surface area contributed by atoms with Gasteiger partial charge in [0.1, 0.15) is 6.04 Å². The van der Waals surface area contributed by atoms with E-state index >= 15 is 0 Å². The predicted octanol–water partition coefficient (Wildman–Crippen LogP) is 2.18. The van der Waals surface area contributed by atoms with Crippen LogP contribution in [0.25, 0.3) is 0 Å². The second kappa shape index (κ2) is 6.36. The van der Waals surface area contributed by atoms with Gasteiger partial charge in [-0.3, -0.25) is 4.79 Å². The van der Waals surface area contributed by atoms with Crippen molar-refractivity contribution in [2.75, 3.05) is 7.11 Å². The lowest BCUT2D eigenvalue weighted by Crippen LogP contribution is -2.47. The molecule has 0 heterocycles. The molecule has 1 aliphatic rings. The zero-order valence-corrected chi connectivity index (χ0v) is 11.2. The third kappa shape index (κ3) is 5.04. The van der Waals surface area contributed by atoms with Crippen LogP contribution in [0.15, 0.2) is 0 Å². The number of carboxylic acids is 1. The van der Waals surface area contributed by atoms with E-state index in [2.05, 4.69) is 5.32 Å². The monoisotopic (exact) mass is 243 g/mol. The standard InChI is InChI=1S/C13H25NO3/c1-13(2,17-3)9-11(12(15)16)14-10-7-5-4-6-8-10/h10-11,14H,4-9H2,1-3H3,(H,15,16). The van der Waals surface area contributed by atoms with Gasteiger partial charge in [-0.25, -0.2) is 0 Å². The Balaban J connectivity index is 2.50. The summed E-state index contributed by atoms with van der Waals surface area (Å²) in [6.07, 6.45) is 6.37. The third-order valence-electron chi connectivity index (χ3n) is 3.59. The molecular formula is C13H25NO3. The minimum absolute atomic E-state index is 0.359. The maximum absolute atomic E-state index is 11.2. The van der Waals surface area contributed by atoms with E-state index in [1.807, 2.05) is 13.8 Å². The molecule has 4 nitrogen and oxygen atoms in total. The smallest absolute Gasteiger partial charge is 0.320 e. The van der Waals surface area contributed by atoms with E-state index in [1.54, 1.807) is 7.11 Å². The summed E-state index contributed by atoms with van der Waals surface area (Å²) in [5, 5.41) is 12.5. The lowest BCUT2D eigenvalue weighted by molar-refractivity contribution is -0.141. The Kier molecular flexibility index (Phi) is 5.40. The van der Waals surface area contributed by atoms with E-state index in [9.17, 15) is 9.90 Å². The molecule has 1 unspecified atom stereocenters. The number of hydrogen-bond acceptors (Lipinski definition) is 3. The Labute approximate surface area is 104 Å². The highest BCUT2D eigenvalue weighted by Gasteiger charge is 2.29. The van der Waals surface area contributed by atoms with Crippen LogP contribution in [0.1, 0.15) is 52.4 Å². The van der Waals surface area contributed by atoms with Gasteiger partial charge in [0.15, 0.2) is 0 Å². The van der Waals surface area contributed by atoms with Crippen molar-refractivity contribution in [3.63, 3.8) is 0 Å². The largest absolute Gasteiger partial charge is 0.480 e. The molecule has 0 aromatic rings. The molecule has 2 N–H and O–H groups in total. The van der Waals surface area contributed by atoms with Gasteiger partial charge in [-0.2, -0.15) is 0 Å². The number of nitrogens with one attached hydrogen (secondary N) is 1. The molecule has 100 valence electrons. The van der Waals surface area contributed by atoms with Crippen molar-refractivity contribution >= 4 is 5.97 Å². The average molecular weight is 243 g/mol. The summed E-state index contributed by atoms with van der Waals surface area (Å²) in [4.78, 5) is 11.2. The van der Waals surface area contributed by atoms with E-state index in [1.165, 1.54) is 19.3 Å². The van der Waals surface area contributed by atoms with Crippen LogP contribution in [0.2, 0.25) is 0 Å². The normalized spacial score (nSPS) is 20.2. The third-order valence-corrected chi connectivity index (χ3v) is 3.59. The molecule has 0 saturated heterocycles. The first-order valence-corrected chi connectivity index (χ1v) is 6.48. The summed E-state index contributed by atoms with van der Waals surface area (Å²) >= 11 is 0. The van der Waals surface area contributed by atoms with Crippen molar-refractivity contribution in [1.29, 1.82) is 0 Å². The molecule has 0 spiro atoms. The SMILES string of the molecule is COC(C)(C)CC(NC1CCCCC1)C(=O)O. The Morgan fingerprint density at radius 3 is 2.47 bits per heavy atom. The number of aliphatic carboxylic acids is 1. The van der Waals surface area contributed by atoms with Crippen molar-refractivity contribution in [3.8, 4) is 0 Å². The molecular weight excluding hydrogens is 218 g/mol. The minimum atomic E-state index is -0.777. The maximum Gasteiger partial charge on any atom is 0.320 e. The minimum Gasteiger partial charge on any atom is -0.480 e. The highest BCUT2D eigenvalue weighted by molar-refractivity contribution is 5.73. The fourth-order valence-corrected chi connectivity index (χ4v) is 2.35. The molecule has 17 heavy (non-hydrogen) atoms. The number of rotatable bonds is 6. The zero-order chi connectivity index (χ0) is 12.9. The molecule has 0 aromatic carbocycles. The van der Waals surface area contributed by atoms with Gasteiger partial charge in [0, 0.05) is 19.6 Å².